The monoisotopic (exact) mass is 215 g/mol. The number of ether oxygens (including phenoxy) is 1. The average molecular weight is 215 g/mol. The summed E-state index contributed by atoms with van der Waals surface area (Å²) in [7, 11) is 0. The van der Waals surface area contributed by atoms with Gasteiger partial charge < -0.3 is 10.5 Å². The van der Waals surface area contributed by atoms with Gasteiger partial charge in [0, 0.05) is 0 Å². The lowest BCUT2D eigenvalue weighted by atomic mass is 9.85. The van der Waals surface area contributed by atoms with Gasteiger partial charge in [0.05, 0.1) is 6.10 Å². The number of rotatable bonds is 4. The molecule has 3 unspecified atom stereocenters. The fraction of sp³-hybridized carbons (Fsp3) is 0.909. The summed E-state index contributed by atoms with van der Waals surface area (Å²) in [4.78, 5) is 0.476. The van der Waals surface area contributed by atoms with Gasteiger partial charge in [-0.05, 0) is 25.7 Å². The Bertz CT molecular complexity index is 196. The van der Waals surface area contributed by atoms with Crippen LogP contribution < -0.4 is 5.73 Å². The summed E-state index contributed by atoms with van der Waals surface area (Å²) in [6, 6.07) is 0. The first kappa shape index (κ1) is 11.9. The number of thiocarbonyl (C=S) groups is 1. The largest absolute Gasteiger partial charge is 0.391 e. The highest BCUT2D eigenvalue weighted by atomic mass is 32.1. The fourth-order valence-corrected chi connectivity index (χ4v) is 2.15. The number of hydrogen-bond acceptors (Lipinski definition) is 2. The van der Waals surface area contributed by atoms with Gasteiger partial charge in [0.1, 0.15) is 11.1 Å². The third kappa shape index (κ3) is 3.54. The molecule has 14 heavy (non-hydrogen) atoms. The standard InChI is InChI=1S/C11H21NOS/c1-3-9-5-4-6-10(7-9)13-8(2)11(12)14/h8-10H,3-7H2,1-2H3,(H2,12,14). The summed E-state index contributed by atoms with van der Waals surface area (Å²) >= 11 is 4.90. The summed E-state index contributed by atoms with van der Waals surface area (Å²) < 4.78 is 5.82. The molecule has 1 aliphatic carbocycles. The van der Waals surface area contributed by atoms with E-state index >= 15 is 0 Å². The summed E-state index contributed by atoms with van der Waals surface area (Å²) in [6.07, 6.45) is 6.58. The summed E-state index contributed by atoms with van der Waals surface area (Å²) in [5.74, 6) is 0.840. The maximum absolute atomic E-state index is 5.82. The molecule has 1 fully saturated rings. The van der Waals surface area contributed by atoms with Crippen LogP contribution in [0.2, 0.25) is 0 Å². The second-order valence-electron chi connectivity index (χ2n) is 4.24. The molecule has 2 N–H and O–H groups in total. The van der Waals surface area contributed by atoms with Gasteiger partial charge in [0.2, 0.25) is 0 Å². The van der Waals surface area contributed by atoms with E-state index in [2.05, 4.69) is 6.92 Å². The molecule has 1 rings (SSSR count). The third-order valence-corrected chi connectivity index (χ3v) is 3.44. The van der Waals surface area contributed by atoms with Crippen LogP contribution in [0.5, 0.6) is 0 Å². The van der Waals surface area contributed by atoms with E-state index in [0.29, 0.717) is 11.1 Å². The first-order chi connectivity index (χ1) is 6.63. The molecule has 0 heterocycles. The highest BCUT2D eigenvalue weighted by Crippen LogP contribution is 2.28. The summed E-state index contributed by atoms with van der Waals surface area (Å²) in [5, 5.41) is 0. The molecule has 2 nitrogen and oxygen atoms in total. The Balaban J connectivity index is 2.33. The summed E-state index contributed by atoms with van der Waals surface area (Å²) in [5.41, 5.74) is 5.53. The normalized spacial score (nSPS) is 29.9. The number of nitrogens with two attached hydrogens (primary N) is 1. The summed E-state index contributed by atoms with van der Waals surface area (Å²) in [6.45, 7) is 4.20. The van der Waals surface area contributed by atoms with E-state index in [1.165, 1.54) is 32.1 Å². The van der Waals surface area contributed by atoms with Crippen molar-refractivity contribution in [3.8, 4) is 0 Å². The minimum absolute atomic E-state index is 0.0643. The lowest BCUT2D eigenvalue weighted by molar-refractivity contribution is -0.00385. The quantitative estimate of drug-likeness (QED) is 0.732. The van der Waals surface area contributed by atoms with Gasteiger partial charge in [0.25, 0.3) is 0 Å². The van der Waals surface area contributed by atoms with Crippen LogP contribution in [0.15, 0.2) is 0 Å². The fourth-order valence-electron chi connectivity index (χ4n) is 2.09. The van der Waals surface area contributed by atoms with Crippen molar-refractivity contribution < 1.29 is 4.74 Å². The van der Waals surface area contributed by atoms with Crippen molar-refractivity contribution in [2.45, 2.75) is 58.2 Å². The predicted octanol–water partition coefficient (Wildman–Crippen LogP) is 2.65. The van der Waals surface area contributed by atoms with Crippen molar-refractivity contribution in [2.75, 3.05) is 0 Å². The second-order valence-corrected chi connectivity index (χ2v) is 4.71. The molecular formula is C11H21NOS. The van der Waals surface area contributed by atoms with Crippen molar-refractivity contribution in [1.29, 1.82) is 0 Å². The van der Waals surface area contributed by atoms with Crippen molar-refractivity contribution >= 4 is 17.2 Å². The van der Waals surface area contributed by atoms with Crippen molar-refractivity contribution in [3.05, 3.63) is 0 Å². The van der Waals surface area contributed by atoms with Gasteiger partial charge >= 0.3 is 0 Å². The second kappa shape index (κ2) is 5.66. The van der Waals surface area contributed by atoms with Crippen LogP contribution in [-0.2, 0) is 4.74 Å². The SMILES string of the molecule is CCC1CCCC(OC(C)C(N)=S)C1. The van der Waals surface area contributed by atoms with Gasteiger partial charge in [-0.2, -0.15) is 0 Å². The Morgan fingerprint density at radius 1 is 1.57 bits per heavy atom. The molecule has 0 radical (unpaired) electrons. The van der Waals surface area contributed by atoms with E-state index in [-0.39, 0.29) is 6.10 Å². The van der Waals surface area contributed by atoms with E-state index in [9.17, 15) is 0 Å². The molecule has 1 saturated carbocycles. The Morgan fingerprint density at radius 3 is 2.86 bits per heavy atom. The maximum Gasteiger partial charge on any atom is 0.105 e. The zero-order valence-corrected chi connectivity index (χ0v) is 9.98. The Hall–Kier alpha value is -0.150. The molecule has 0 aromatic carbocycles. The van der Waals surface area contributed by atoms with E-state index in [1.807, 2.05) is 6.92 Å². The van der Waals surface area contributed by atoms with Crippen LogP contribution in [0.25, 0.3) is 0 Å². The van der Waals surface area contributed by atoms with E-state index < -0.39 is 0 Å². The molecular weight excluding hydrogens is 194 g/mol. The Morgan fingerprint density at radius 2 is 2.29 bits per heavy atom. The van der Waals surface area contributed by atoms with Gasteiger partial charge in [-0.15, -0.1) is 0 Å². The zero-order chi connectivity index (χ0) is 10.6. The van der Waals surface area contributed by atoms with Crippen molar-refractivity contribution in [3.63, 3.8) is 0 Å². The molecule has 0 amide bonds. The average Bonchev–Trinajstić information content (AvgIpc) is 2.18. The minimum atomic E-state index is -0.0643. The van der Waals surface area contributed by atoms with Crippen LogP contribution in [0.1, 0.15) is 46.0 Å². The molecule has 0 saturated heterocycles. The lowest BCUT2D eigenvalue weighted by Gasteiger charge is -2.30. The van der Waals surface area contributed by atoms with E-state index in [1.54, 1.807) is 0 Å². The minimum Gasteiger partial charge on any atom is -0.391 e. The molecule has 3 atom stereocenters. The molecule has 0 aromatic rings. The smallest absolute Gasteiger partial charge is 0.105 e. The van der Waals surface area contributed by atoms with Crippen LogP contribution in [-0.4, -0.2) is 17.2 Å². The van der Waals surface area contributed by atoms with Crippen molar-refractivity contribution in [2.24, 2.45) is 11.7 Å². The lowest BCUT2D eigenvalue weighted by Crippen LogP contribution is -2.33. The Kier molecular flexibility index (Phi) is 4.82. The highest BCUT2D eigenvalue weighted by molar-refractivity contribution is 7.80. The molecule has 3 heteroatoms. The van der Waals surface area contributed by atoms with Gasteiger partial charge in [-0.1, -0.05) is 38.4 Å². The molecule has 0 spiro atoms. The zero-order valence-electron chi connectivity index (χ0n) is 9.16. The van der Waals surface area contributed by atoms with Crippen LogP contribution >= 0.6 is 12.2 Å². The first-order valence-electron chi connectivity index (χ1n) is 5.58. The molecule has 0 bridgehead atoms. The van der Waals surface area contributed by atoms with Gasteiger partial charge in [0.15, 0.2) is 0 Å². The number of hydrogen-bond donors (Lipinski definition) is 1. The van der Waals surface area contributed by atoms with Gasteiger partial charge in [-0.25, -0.2) is 0 Å². The molecule has 82 valence electrons. The predicted molar refractivity (Wildman–Crippen MR) is 63.4 cm³/mol. The third-order valence-electron chi connectivity index (χ3n) is 3.11. The van der Waals surface area contributed by atoms with Crippen molar-refractivity contribution in [1.82, 2.24) is 0 Å². The maximum atomic E-state index is 5.82. The molecule has 0 aromatic heterocycles. The highest BCUT2D eigenvalue weighted by Gasteiger charge is 2.23. The molecule has 0 aliphatic heterocycles. The van der Waals surface area contributed by atoms with Gasteiger partial charge in [-0.3, -0.25) is 0 Å². The van der Waals surface area contributed by atoms with Crippen LogP contribution in [0.4, 0.5) is 0 Å². The molecule has 1 aliphatic rings. The van der Waals surface area contributed by atoms with E-state index in [0.717, 1.165) is 5.92 Å². The Labute approximate surface area is 92.2 Å². The topological polar surface area (TPSA) is 35.2 Å². The van der Waals surface area contributed by atoms with Crippen LogP contribution in [0, 0.1) is 5.92 Å². The van der Waals surface area contributed by atoms with E-state index in [4.69, 9.17) is 22.7 Å². The first-order valence-corrected chi connectivity index (χ1v) is 5.99. The van der Waals surface area contributed by atoms with Crippen LogP contribution in [0.3, 0.4) is 0 Å².